The topological polar surface area (TPSA) is 174 Å². The van der Waals surface area contributed by atoms with Crippen LogP contribution in [0.15, 0.2) is 131 Å². The molecule has 0 spiro atoms. The number of alkyl halides is 3. The minimum atomic E-state index is -6.52. The summed E-state index contributed by atoms with van der Waals surface area (Å²) in [6, 6.07) is 28.9. The molecule has 0 amide bonds. The van der Waals surface area contributed by atoms with Crippen LogP contribution in [-0.4, -0.2) is 69.1 Å². The van der Waals surface area contributed by atoms with Crippen molar-refractivity contribution >= 4 is 44.7 Å². The van der Waals surface area contributed by atoms with E-state index in [1.807, 2.05) is 0 Å². The number of hydrogen-bond acceptors (Lipinski definition) is 13. The monoisotopic (exact) mass is 767 g/mol. The largest absolute Gasteiger partial charge is 0.523 e. The number of anilines is 1. The molecule has 2 heterocycles. The van der Waals surface area contributed by atoms with Crippen LogP contribution < -0.4 is 10.9 Å². The predicted molar refractivity (Wildman–Crippen MR) is 183 cm³/mol. The lowest BCUT2D eigenvalue weighted by atomic mass is 9.97. The molecule has 280 valence electrons. The number of nitrogens with one attached hydrogen (secondary N) is 1. The molecular formula is C37H28F3NO12S. The van der Waals surface area contributed by atoms with Gasteiger partial charge in [0.1, 0.15) is 11.7 Å². The van der Waals surface area contributed by atoms with Crippen LogP contribution >= 0.6 is 0 Å². The average Bonchev–Trinajstić information content (AvgIpc) is 3.16. The molecule has 3 unspecified atom stereocenters. The van der Waals surface area contributed by atoms with Gasteiger partial charge in [-0.15, -0.1) is 0 Å². The van der Waals surface area contributed by atoms with Gasteiger partial charge in [0.2, 0.25) is 6.29 Å². The normalized spacial score (nSPS) is 20.1. The third kappa shape index (κ3) is 8.76. The second-order valence-corrected chi connectivity index (χ2v) is 13.2. The molecule has 54 heavy (non-hydrogen) atoms. The van der Waals surface area contributed by atoms with Gasteiger partial charge in [-0.2, -0.15) is 21.6 Å². The maximum atomic E-state index is 13.9. The van der Waals surface area contributed by atoms with Crippen molar-refractivity contribution in [3.05, 3.63) is 148 Å². The molecule has 0 saturated carbocycles. The Kier molecular flexibility index (Phi) is 11.1. The fourth-order valence-corrected chi connectivity index (χ4v) is 5.99. The van der Waals surface area contributed by atoms with Gasteiger partial charge in [-0.3, -0.25) is 0 Å². The van der Waals surface area contributed by atoms with E-state index in [9.17, 15) is 40.8 Å². The van der Waals surface area contributed by atoms with Gasteiger partial charge in [0.05, 0.1) is 16.7 Å². The van der Waals surface area contributed by atoms with E-state index in [0.29, 0.717) is 11.1 Å². The van der Waals surface area contributed by atoms with Crippen molar-refractivity contribution in [3.8, 4) is 0 Å². The van der Waals surface area contributed by atoms with Crippen LogP contribution in [0.1, 0.15) is 31.1 Å². The molecule has 6 rings (SSSR count). The summed E-state index contributed by atoms with van der Waals surface area (Å²) >= 11 is 0. The third-order valence-corrected chi connectivity index (χ3v) is 9.02. The fourth-order valence-electron chi connectivity index (χ4n) is 5.39. The number of carbonyl (C=O) groups is 3. The Hall–Kier alpha value is -6.04. The van der Waals surface area contributed by atoms with Gasteiger partial charge in [-0.1, -0.05) is 54.6 Å². The number of hydrogen-bond donors (Lipinski definition) is 1. The van der Waals surface area contributed by atoms with Crippen molar-refractivity contribution in [2.45, 2.75) is 36.2 Å². The summed E-state index contributed by atoms with van der Waals surface area (Å²) < 4.78 is 99.3. The fraction of sp³-hybridized carbons (Fsp3) is 0.189. The summed E-state index contributed by atoms with van der Waals surface area (Å²) in [5.41, 5.74) is -6.43. The first-order chi connectivity index (χ1) is 25.8. The van der Waals surface area contributed by atoms with Crippen LogP contribution in [0.4, 0.5) is 18.9 Å². The van der Waals surface area contributed by atoms with Gasteiger partial charge in [-0.05, 0) is 54.6 Å². The standard InChI is InChI=1S/C37H28F3NO12S/c38-37(39,40)54(46,47)53-32-31(51-34(44)24-12-6-2-7-13-24)30(50-33(43)23-10-4-1-5-11-23)28(49-36(32)52-35(45)25-14-8-3-9-15-25)21-41-26-18-16-22-17-19-29(42)48-27(22)20-26/h1-20,28,30-32,36,41H,21H2/t28?,30-,31?,32-,36?/m1/s1. The number of rotatable bonds is 11. The Bertz CT molecular complexity index is 2290. The quantitative estimate of drug-likeness (QED) is 0.0590. The van der Waals surface area contributed by atoms with Crippen molar-refractivity contribution in [2.24, 2.45) is 0 Å². The molecule has 1 aromatic heterocycles. The number of fused-ring (bicyclic) bond motifs is 1. The highest BCUT2D eigenvalue weighted by molar-refractivity contribution is 7.87. The number of ether oxygens (including phenoxy) is 4. The molecule has 1 aliphatic rings. The van der Waals surface area contributed by atoms with Crippen LogP contribution in [-0.2, 0) is 33.2 Å². The predicted octanol–water partition coefficient (Wildman–Crippen LogP) is 5.47. The van der Waals surface area contributed by atoms with E-state index < -0.39 is 76.4 Å². The highest BCUT2D eigenvalue weighted by atomic mass is 32.2. The third-order valence-electron chi connectivity index (χ3n) is 7.98. The number of benzene rings is 4. The van der Waals surface area contributed by atoms with Crippen LogP contribution in [0.25, 0.3) is 11.0 Å². The zero-order chi connectivity index (χ0) is 38.5. The second-order valence-electron chi connectivity index (χ2n) is 11.6. The lowest BCUT2D eigenvalue weighted by molar-refractivity contribution is -0.270. The molecule has 0 bridgehead atoms. The van der Waals surface area contributed by atoms with E-state index in [1.54, 1.807) is 30.3 Å². The smallest absolute Gasteiger partial charge is 0.452 e. The van der Waals surface area contributed by atoms with Crippen LogP contribution in [0.5, 0.6) is 0 Å². The first-order valence-electron chi connectivity index (χ1n) is 16.0. The lowest BCUT2D eigenvalue weighted by Gasteiger charge is -2.44. The Morgan fingerprint density at radius 3 is 1.70 bits per heavy atom. The van der Waals surface area contributed by atoms with Gasteiger partial charge in [0.15, 0.2) is 18.3 Å². The minimum absolute atomic E-state index is 0.0417. The molecule has 0 radical (unpaired) electrons. The zero-order valence-electron chi connectivity index (χ0n) is 27.6. The van der Waals surface area contributed by atoms with Gasteiger partial charge < -0.3 is 28.7 Å². The maximum absolute atomic E-state index is 13.9. The Morgan fingerprint density at radius 1 is 0.667 bits per heavy atom. The van der Waals surface area contributed by atoms with E-state index in [1.165, 1.54) is 91.0 Å². The van der Waals surface area contributed by atoms with Crippen LogP contribution in [0.3, 0.4) is 0 Å². The molecule has 1 saturated heterocycles. The summed E-state index contributed by atoms with van der Waals surface area (Å²) in [6.07, 6.45) is -10.6. The van der Waals surface area contributed by atoms with E-state index >= 15 is 0 Å². The van der Waals surface area contributed by atoms with Gasteiger partial charge in [0.25, 0.3) is 0 Å². The first kappa shape index (κ1) is 37.7. The van der Waals surface area contributed by atoms with Gasteiger partial charge in [0, 0.05) is 29.8 Å². The molecule has 1 aliphatic heterocycles. The molecule has 13 nitrogen and oxygen atoms in total. The van der Waals surface area contributed by atoms with Gasteiger partial charge in [-0.25, -0.2) is 23.4 Å². The van der Waals surface area contributed by atoms with Gasteiger partial charge >= 0.3 is 39.2 Å². The first-order valence-corrected chi connectivity index (χ1v) is 17.4. The highest BCUT2D eigenvalue weighted by Crippen LogP contribution is 2.35. The molecule has 4 aromatic carbocycles. The van der Waals surface area contributed by atoms with Crippen molar-refractivity contribution in [1.29, 1.82) is 0 Å². The number of esters is 3. The Balaban J connectivity index is 1.44. The summed E-state index contributed by atoms with van der Waals surface area (Å²) in [7, 11) is -6.52. The molecule has 5 atom stereocenters. The second kappa shape index (κ2) is 15.9. The van der Waals surface area contributed by atoms with E-state index in [0.717, 1.165) is 0 Å². The van der Waals surface area contributed by atoms with Crippen LogP contribution in [0.2, 0.25) is 0 Å². The maximum Gasteiger partial charge on any atom is 0.523 e. The average molecular weight is 768 g/mol. The molecular weight excluding hydrogens is 739 g/mol. The van der Waals surface area contributed by atoms with Crippen molar-refractivity contribution in [2.75, 3.05) is 11.9 Å². The van der Waals surface area contributed by atoms with Crippen LogP contribution in [0, 0.1) is 0 Å². The minimum Gasteiger partial charge on any atom is -0.452 e. The lowest BCUT2D eigenvalue weighted by Crippen LogP contribution is -2.64. The van der Waals surface area contributed by atoms with Crippen molar-refractivity contribution in [3.63, 3.8) is 0 Å². The Morgan fingerprint density at radius 2 is 1.17 bits per heavy atom. The molecule has 1 N–H and O–H groups in total. The summed E-state index contributed by atoms with van der Waals surface area (Å²) in [4.78, 5) is 52.1. The summed E-state index contributed by atoms with van der Waals surface area (Å²) in [5, 5.41) is 3.53. The van der Waals surface area contributed by atoms with E-state index in [-0.39, 0.29) is 22.3 Å². The van der Waals surface area contributed by atoms with E-state index in [2.05, 4.69) is 9.50 Å². The SMILES string of the molecule is O=C(OC1OC(CNc2ccc3ccc(=O)oc3c2)[C@@H](OC(=O)c2ccccc2)C(OC(=O)c2ccccc2)[C@H]1OS(=O)(=O)C(F)(F)F)c1ccccc1. The van der Waals surface area contributed by atoms with Crippen molar-refractivity contribution < 1.29 is 63.5 Å². The van der Waals surface area contributed by atoms with Crippen molar-refractivity contribution in [1.82, 2.24) is 0 Å². The summed E-state index contributed by atoms with van der Waals surface area (Å²) in [6.45, 7) is -0.410. The molecule has 0 aliphatic carbocycles. The number of carbonyl (C=O) groups excluding carboxylic acids is 3. The molecule has 17 heteroatoms. The Labute approximate surface area is 304 Å². The zero-order valence-corrected chi connectivity index (χ0v) is 28.4. The summed E-state index contributed by atoms with van der Waals surface area (Å²) in [5.74, 6) is -3.44. The molecule has 1 fully saturated rings. The molecule has 5 aromatic rings. The number of halogens is 3. The highest BCUT2D eigenvalue weighted by Gasteiger charge is 2.58. The van der Waals surface area contributed by atoms with E-state index in [4.69, 9.17) is 23.4 Å².